The topological polar surface area (TPSA) is 123 Å². The number of likely N-dealkylation sites (N-methyl/N-ethyl adjacent to an activating group) is 1. The van der Waals surface area contributed by atoms with Crippen LogP contribution in [0.15, 0.2) is 64.9 Å². The van der Waals surface area contributed by atoms with Crippen molar-refractivity contribution >= 4 is 64.8 Å². The van der Waals surface area contributed by atoms with E-state index in [4.69, 9.17) is 32.7 Å². The van der Waals surface area contributed by atoms with Gasteiger partial charge in [-0.1, -0.05) is 41.9 Å². The summed E-state index contributed by atoms with van der Waals surface area (Å²) in [6.07, 6.45) is 3.42. The number of aliphatic imine (C=N–C) groups is 2. The van der Waals surface area contributed by atoms with E-state index in [1.165, 1.54) is 31.3 Å². The molecule has 1 aliphatic rings. The van der Waals surface area contributed by atoms with Gasteiger partial charge >= 0.3 is 6.03 Å². The highest BCUT2D eigenvalue weighted by molar-refractivity contribution is 6.41. The minimum absolute atomic E-state index is 0.113. The number of carbonyl (C=O) groups is 2. The molecule has 0 aliphatic carbocycles. The van der Waals surface area contributed by atoms with Gasteiger partial charge in [-0.2, -0.15) is 0 Å². The Morgan fingerprint density at radius 3 is 2.16 bits per heavy atom. The molecule has 3 amide bonds. The number of hydrogen-bond acceptors (Lipinski definition) is 8. The van der Waals surface area contributed by atoms with E-state index in [1.807, 2.05) is 6.07 Å². The summed E-state index contributed by atoms with van der Waals surface area (Å²) in [5.74, 6) is 0.763. The average Bonchev–Trinajstić information content (AvgIpc) is 3.05. The lowest BCUT2D eigenvalue weighted by Crippen LogP contribution is -2.45. The average molecular weight is 660 g/mol. The van der Waals surface area contributed by atoms with Crippen LogP contribution in [0.2, 0.25) is 10.0 Å². The van der Waals surface area contributed by atoms with Gasteiger partial charge in [-0.25, -0.2) is 9.79 Å². The molecule has 0 aromatic heterocycles. The molecule has 2 aromatic carbocycles. The first kappa shape index (κ1) is 35.4. The molecule has 1 saturated heterocycles. The van der Waals surface area contributed by atoms with Crippen LogP contribution in [-0.2, 0) is 4.79 Å². The SMILES string of the molecule is C=CC(=O)Nc1ccccc1NC(/C=C(\N=C)N(CCCN1CCN(C)CC1)C(=O)Nc1c(Cl)c(OC)cc(OC)c1Cl)=N/C. The van der Waals surface area contributed by atoms with E-state index >= 15 is 0 Å². The van der Waals surface area contributed by atoms with Gasteiger partial charge in [0.15, 0.2) is 0 Å². The maximum atomic E-state index is 13.9. The highest BCUT2D eigenvalue weighted by atomic mass is 35.5. The summed E-state index contributed by atoms with van der Waals surface area (Å²) in [6, 6.07) is 8.09. The van der Waals surface area contributed by atoms with Crippen molar-refractivity contribution in [2.24, 2.45) is 9.98 Å². The molecule has 0 spiro atoms. The fourth-order valence-electron chi connectivity index (χ4n) is 4.52. The number of nitrogens with one attached hydrogen (secondary N) is 3. The highest BCUT2D eigenvalue weighted by Gasteiger charge is 2.24. The van der Waals surface area contributed by atoms with Gasteiger partial charge in [0.2, 0.25) is 5.91 Å². The molecule has 12 nitrogen and oxygen atoms in total. The van der Waals surface area contributed by atoms with Gasteiger partial charge in [0.25, 0.3) is 0 Å². The monoisotopic (exact) mass is 658 g/mol. The molecule has 0 unspecified atom stereocenters. The molecule has 242 valence electrons. The second kappa shape index (κ2) is 17.4. The quantitative estimate of drug-likeness (QED) is 0.152. The zero-order chi connectivity index (χ0) is 32.9. The Hall–Kier alpha value is -4.10. The molecule has 0 atom stereocenters. The molecule has 45 heavy (non-hydrogen) atoms. The molecular formula is C31H40Cl2N8O4. The lowest BCUT2D eigenvalue weighted by atomic mass is 10.2. The van der Waals surface area contributed by atoms with Crippen molar-refractivity contribution < 1.29 is 19.1 Å². The van der Waals surface area contributed by atoms with Gasteiger partial charge in [-0.3, -0.25) is 14.7 Å². The third-order valence-electron chi connectivity index (χ3n) is 7.08. The smallest absolute Gasteiger partial charge is 0.327 e. The Morgan fingerprint density at radius 1 is 1.02 bits per heavy atom. The van der Waals surface area contributed by atoms with Crippen LogP contribution in [0.5, 0.6) is 11.5 Å². The molecule has 0 bridgehead atoms. The van der Waals surface area contributed by atoms with E-state index in [1.54, 1.807) is 31.3 Å². The number of rotatable bonds is 13. The predicted octanol–water partition coefficient (Wildman–Crippen LogP) is 5.29. The molecule has 3 N–H and O–H groups in total. The molecule has 0 radical (unpaired) electrons. The number of para-hydroxylation sites is 2. The Kier molecular flexibility index (Phi) is 13.7. The Morgan fingerprint density at radius 2 is 1.62 bits per heavy atom. The van der Waals surface area contributed by atoms with Crippen molar-refractivity contribution in [2.45, 2.75) is 6.42 Å². The molecule has 1 fully saturated rings. The fraction of sp³-hybridized carbons (Fsp3) is 0.355. The molecular weight excluding hydrogens is 619 g/mol. The van der Waals surface area contributed by atoms with Crippen molar-refractivity contribution in [3.63, 3.8) is 0 Å². The molecule has 1 aliphatic heterocycles. The maximum absolute atomic E-state index is 13.9. The standard InChI is InChI=1S/C31H40Cl2N8O4/c1-7-27(42)37-22-12-9-8-11-21(22)36-25(34-2)20-26(35-3)41(14-10-13-40-17-15-39(4)16-18-40)31(43)38-30-28(32)23(44-5)19-24(45-6)29(30)33/h7-9,11-12,19-20H,1,3,10,13-18H2,2,4-6H3,(H,34,36)(H,37,42)(H,38,43)/b26-20+. The first-order valence-electron chi connectivity index (χ1n) is 14.2. The molecule has 3 rings (SSSR count). The van der Waals surface area contributed by atoms with Crippen LogP contribution in [0.1, 0.15) is 6.42 Å². The van der Waals surface area contributed by atoms with Crippen molar-refractivity contribution in [2.75, 3.05) is 83.5 Å². The van der Waals surface area contributed by atoms with Crippen LogP contribution in [0.25, 0.3) is 0 Å². The summed E-state index contributed by atoms with van der Waals surface area (Å²) in [4.78, 5) is 40.5. The van der Waals surface area contributed by atoms with Gasteiger partial charge in [0.05, 0.1) is 31.3 Å². The van der Waals surface area contributed by atoms with Gasteiger partial charge in [-0.05, 0) is 44.9 Å². The molecule has 14 heteroatoms. The fourth-order valence-corrected chi connectivity index (χ4v) is 5.12. The minimum Gasteiger partial charge on any atom is -0.495 e. The van der Waals surface area contributed by atoms with E-state index in [0.29, 0.717) is 30.2 Å². The summed E-state index contributed by atoms with van der Waals surface area (Å²) in [5.41, 5.74) is 1.21. The second-order valence-corrected chi connectivity index (χ2v) is 10.8. The summed E-state index contributed by atoms with van der Waals surface area (Å²) in [6.45, 7) is 12.2. The number of piperazine rings is 1. The summed E-state index contributed by atoms with van der Waals surface area (Å²) < 4.78 is 10.7. The molecule has 0 saturated carbocycles. The van der Waals surface area contributed by atoms with E-state index in [-0.39, 0.29) is 39.0 Å². The maximum Gasteiger partial charge on any atom is 0.327 e. The van der Waals surface area contributed by atoms with E-state index < -0.39 is 6.03 Å². The van der Waals surface area contributed by atoms with E-state index in [9.17, 15) is 9.59 Å². The Labute approximate surface area is 274 Å². The van der Waals surface area contributed by atoms with Crippen LogP contribution in [-0.4, -0.2) is 107 Å². The van der Waals surface area contributed by atoms with Gasteiger partial charge in [0.1, 0.15) is 33.2 Å². The van der Waals surface area contributed by atoms with Crippen molar-refractivity contribution in [1.82, 2.24) is 14.7 Å². The number of anilines is 3. The zero-order valence-electron chi connectivity index (χ0n) is 26.0. The number of benzene rings is 2. The predicted molar refractivity (Wildman–Crippen MR) is 184 cm³/mol. The first-order chi connectivity index (χ1) is 21.6. The number of hydrogen-bond donors (Lipinski definition) is 3. The molecule has 1 heterocycles. The number of nitrogens with zero attached hydrogens (tertiary/aromatic N) is 5. The summed E-state index contributed by atoms with van der Waals surface area (Å²) in [7, 11) is 6.59. The number of methoxy groups -OCH3 is 2. The van der Waals surface area contributed by atoms with Gasteiger partial charge in [0, 0.05) is 51.9 Å². The van der Waals surface area contributed by atoms with Crippen LogP contribution < -0.4 is 25.4 Å². The second-order valence-electron chi connectivity index (χ2n) is 10.00. The Bertz CT molecular complexity index is 1410. The van der Waals surface area contributed by atoms with Crippen molar-refractivity contribution in [3.8, 4) is 11.5 Å². The van der Waals surface area contributed by atoms with Crippen molar-refractivity contribution in [1.29, 1.82) is 0 Å². The highest BCUT2D eigenvalue weighted by Crippen LogP contribution is 2.44. The third kappa shape index (κ3) is 9.69. The van der Waals surface area contributed by atoms with E-state index in [2.05, 4.69) is 56.1 Å². The normalized spacial score (nSPS) is 14.4. The van der Waals surface area contributed by atoms with Gasteiger partial charge < -0.3 is 35.2 Å². The first-order valence-corrected chi connectivity index (χ1v) is 14.9. The van der Waals surface area contributed by atoms with E-state index in [0.717, 1.165) is 32.7 Å². The Balaban J connectivity index is 1.93. The lowest BCUT2D eigenvalue weighted by Gasteiger charge is -2.33. The van der Waals surface area contributed by atoms with Crippen LogP contribution >= 0.6 is 23.2 Å². The summed E-state index contributed by atoms with van der Waals surface area (Å²) in [5, 5.41) is 8.98. The van der Waals surface area contributed by atoms with Crippen LogP contribution in [0, 0.1) is 0 Å². The third-order valence-corrected chi connectivity index (χ3v) is 7.83. The number of urea groups is 1. The lowest BCUT2D eigenvalue weighted by molar-refractivity contribution is -0.111. The number of carbonyl (C=O) groups excluding carboxylic acids is 2. The number of ether oxygens (including phenoxy) is 2. The van der Waals surface area contributed by atoms with Gasteiger partial charge in [-0.15, -0.1) is 0 Å². The largest absolute Gasteiger partial charge is 0.495 e. The zero-order valence-corrected chi connectivity index (χ0v) is 27.5. The summed E-state index contributed by atoms with van der Waals surface area (Å²) >= 11 is 13.1. The van der Waals surface area contributed by atoms with Crippen LogP contribution in [0.3, 0.4) is 0 Å². The minimum atomic E-state index is -0.555. The number of halogens is 2. The number of amides is 3. The molecule has 2 aromatic rings. The van der Waals surface area contributed by atoms with Crippen molar-refractivity contribution in [3.05, 3.63) is 64.9 Å². The van der Waals surface area contributed by atoms with Crippen LogP contribution in [0.4, 0.5) is 21.9 Å². The number of amidine groups is 1.